The molecule has 0 saturated carbocycles. The fourth-order valence-electron chi connectivity index (χ4n) is 0.882. The second kappa shape index (κ2) is 3.72. The Morgan fingerprint density at radius 1 is 1.50 bits per heavy atom. The molecular formula is C7H16N2O2S. The third-order valence-corrected chi connectivity index (χ3v) is 3.66. The molecule has 12 heavy (non-hydrogen) atoms. The highest BCUT2D eigenvalue weighted by molar-refractivity contribution is 7.90. The van der Waals surface area contributed by atoms with E-state index in [9.17, 15) is 8.42 Å². The summed E-state index contributed by atoms with van der Waals surface area (Å²) in [7, 11) is -3.03. The van der Waals surface area contributed by atoms with E-state index in [2.05, 4.69) is 10.0 Å². The fourth-order valence-corrected chi connectivity index (χ4v) is 2.36. The Kier molecular flexibility index (Phi) is 3.09. The molecule has 1 fully saturated rings. The number of hydrogen-bond acceptors (Lipinski definition) is 3. The van der Waals surface area contributed by atoms with Crippen LogP contribution in [-0.4, -0.2) is 33.3 Å². The molecule has 1 rings (SSSR count). The van der Waals surface area contributed by atoms with Crippen LogP contribution in [-0.2, 0) is 10.0 Å². The SMILES string of the molecule is CC(C)CNS(=O)(=O)C1CNC1. The molecule has 0 aromatic rings. The molecule has 1 aliphatic heterocycles. The summed E-state index contributed by atoms with van der Waals surface area (Å²) in [6.07, 6.45) is 0. The summed E-state index contributed by atoms with van der Waals surface area (Å²) in [5, 5.41) is 2.72. The maximum absolute atomic E-state index is 11.4. The molecule has 1 saturated heterocycles. The summed E-state index contributed by atoms with van der Waals surface area (Å²) in [4.78, 5) is 0. The Labute approximate surface area is 73.8 Å². The first-order valence-corrected chi connectivity index (χ1v) is 5.76. The van der Waals surface area contributed by atoms with Crippen LogP contribution in [0.5, 0.6) is 0 Å². The Balaban J connectivity index is 2.38. The van der Waals surface area contributed by atoms with Gasteiger partial charge in [0.05, 0.1) is 0 Å². The predicted molar refractivity (Wildman–Crippen MR) is 48.4 cm³/mol. The zero-order valence-electron chi connectivity index (χ0n) is 7.50. The van der Waals surface area contributed by atoms with Crippen LogP contribution in [0.15, 0.2) is 0 Å². The maximum atomic E-state index is 11.4. The lowest BCUT2D eigenvalue weighted by Crippen LogP contribution is -2.55. The lowest BCUT2D eigenvalue weighted by Gasteiger charge is -2.27. The number of hydrogen-bond donors (Lipinski definition) is 2. The summed E-state index contributed by atoms with van der Waals surface area (Å²) < 4.78 is 25.3. The molecule has 0 aromatic heterocycles. The van der Waals surface area contributed by atoms with Crippen molar-refractivity contribution in [2.24, 2.45) is 5.92 Å². The van der Waals surface area contributed by atoms with Crippen molar-refractivity contribution in [3.63, 3.8) is 0 Å². The molecule has 0 atom stereocenters. The first-order chi connectivity index (χ1) is 5.52. The zero-order valence-corrected chi connectivity index (χ0v) is 8.32. The van der Waals surface area contributed by atoms with E-state index in [-0.39, 0.29) is 5.25 Å². The van der Waals surface area contributed by atoms with Gasteiger partial charge in [-0.2, -0.15) is 0 Å². The van der Waals surface area contributed by atoms with Gasteiger partial charge in [-0.15, -0.1) is 0 Å². The lowest BCUT2D eigenvalue weighted by molar-refractivity contribution is 0.481. The minimum atomic E-state index is -3.03. The van der Waals surface area contributed by atoms with Crippen molar-refractivity contribution in [1.82, 2.24) is 10.0 Å². The van der Waals surface area contributed by atoms with E-state index < -0.39 is 10.0 Å². The third-order valence-electron chi connectivity index (χ3n) is 1.88. The molecule has 72 valence electrons. The van der Waals surface area contributed by atoms with Gasteiger partial charge in [-0.25, -0.2) is 13.1 Å². The van der Waals surface area contributed by atoms with Crippen LogP contribution in [0.25, 0.3) is 0 Å². The highest BCUT2D eigenvalue weighted by Crippen LogP contribution is 2.04. The van der Waals surface area contributed by atoms with Gasteiger partial charge < -0.3 is 5.32 Å². The van der Waals surface area contributed by atoms with Crippen molar-refractivity contribution in [2.75, 3.05) is 19.6 Å². The molecule has 0 amide bonds. The molecule has 1 aliphatic rings. The maximum Gasteiger partial charge on any atom is 0.217 e. The number of rotatable bonds is 4. The van der Waals surface area contributed by atoms with Crippen LogP contribution in [0, 0.1) is 5.92 Å². The summed E-state index contributed by atoms with van der Waals surface area (Å²) in [6, 6.07) is 0. The largest absolute Gasteiger partial charge is 0.314 e. The molecule has 5 heteroatoms. The van der Waals surface area contributed by atoms with Crippen molar-refractivity contribution in [2.45, 2.75) is 19.1 Å². The van der Waals surface area contributed by atoms with Gasteiger partial charge in [-0.1, -0.05) is 13.8 Å². The second-order valence-electron chi connectivity index (χ2n) is 3.57. The topological polar surface area (TPSA) is 58.2 Å². The molecular weight excluding hydrogens is 176 g/mol. The molecule has 0 bridgehead atoms. The van der Waals surface area contributed by atoms with Gasteiger partial charge in [0, 0.05) is 19.6 Å². The predicted octanol–water partition coefficient (Wildman–Crippen LogP) is -0.466. The van der Waals surface area contributed by atoms with Gasteiger partial charge in [-0.3, -0.25) is 0 Å². The second-order valence-corrected chi connectivity index (χ2v) is 5.61. The van der Waals surface area contributed by atoms with Gasteiger partial charge in [-0.05, 0) is 5.92 Å². The molecule has 4 nitrogen and oxygen atoms in total. The van der Waals surface area contributed by atoms with E-state index >= 15 is 0 Å². The van der Waals surface area contributed by atoms with Crippen LogP contribution in [0.4, 0.5) is 0 Å². The van der Waals surface area contributed by atoms with Crippen LogP contribution in [0.1, 0.15) is 13.8 Å². The highest BCUT2D eigenvalue weighted by atomic mass is 32.2. The fraction of sp³-hybridized carbons (Fsp3) is 1.00. The Morgan fingerprint density at radius 3 is 2.42 bits per heavy atom. The van der Waals surface area contributed by atoms with Crippen LogP contribution < -0.4 is 10.0 Å². The average molecular weight is 192 g/mol. The van der Waals surface area contributed by atoms with Gasteiger partial charge in [0.1, 0.15) is 5.25 Å². The molecule has 0 radical (unpaired) electrons. The van der Waals surface area contributed by atoms with Crippen molar-refractivity contribution >= 4 is 10.0 Å². The summed E-state index contributed by atoms with van der Waals surface area (Å²) in [5.74, 6) is 0.368. The molecule has 1 heterocycles. The standard InChI is InChI=1S/C7H16N2O2S/c1-6(2)3-9-12(10,11)7-4-8-5-7/h6-9H,3-5H2,1-2H3. The number of nitrogens with one attached hydrogen (secondary N) is 2. The van der Waals surface area contributed by atoms with E-state index in [1.165, 1.54) is 0 Å². The van der Waals surface area contributed by atoms with E-state index in [1.54, 1.807) is 0 Å². The van der Waals surface area contributed by atoms with E-state index in [0.717, 1.165) is 0 Å². The van der Waals surface area contributed by atoms with Crippen molar-refractivity contribution < 1.29 is 8.42 Å². The van der Waals surface area contributed by atoms with Gasteiger partial charge in [0.25, 0.3) is 0 Å². The van der Waals surface area contributed by atoms with Crippen LogP contribution in [0.2, 0.25) is 0 Å². The summed E-state index contributed by atoms with van der Waals surface area (Å²) in [5.41, 5.74) is 0. The normalized spacial score (nSPS) is 19.6. The summed E-state index contributed by atoms with van der Waals surface area (Å²) in [6.45, 7) is 5.70. The van der Waals surface area contributed by atoms with Crippen LogP contribution >= 0.6 is 0 Å². The number of sulfonamides is 1. The monoisotopic (exact) mass is 192 g/mol. The van der Waals surface area contributed by atoms with E-state index in [4.69, 9.17) is 0 Å². The van der Waals surface area contributed by atoms with Gasteiger partial charge >= 0.3 is 0 Å². The minimum absolute atomic E-state index is 0.212. The Hall–Kier alpha value is -0.130. The average Bonchev–Trinajstić information content (AvgIpc) is 1.78. The quantitative estimate of drug-likeness (QED) is 0.633. The van der Waals surface area contributed by atoms with Crippen molar-refractivity contribution in [3.05, 3.63) is 0 Å². The smallest absolute Gasteiger partial charge is 0.217 e. The molecule has 0 spiro atoms. The lowest BCUT2D eigenvalue weighted by atomic mass is 10.2. The van der Waals surface area contributed by atoms with Crippen molar-refractivity contribution in [3.8, 4) is 0 Å². The Bertz CT molecular complexity index is 232. The first-order valence-electron chi connectivity index (χ1n) is 4.21. The van der Waals surface area contributed by atoms with Crippen molar-refractivity contribution in [1.29, 1.82) is 0 Å². The van der Waals surface area contributed by atoms with E-state index in [0.29, 0.717) is 25.6 Å². The van der Waals surface area contributed by atoms with E-state index in [1.807, 2.05) is 13.8 Å². The minimum Gasteiger partial charge on any atom is -0.314 e. The highest BCUT2D eigenvalue weighted by Gasteiger charge is 2.30. The zero-order chi connectivity index (χ0) is 9.19. The van der Waals surface area contributed by atoms with Gasteiger partial charge in [0.15, 0.2) is 0 Å². The third kappa shape index (κ3) is 2.43. The van der Waals surface area contributed by atoms with Gasteiger partial charge in [0.2, 0.25) is 10.0 Å². The molecule has 2 N–H and O–H groups in total. The Morgan fingerprint density at radius 2 is 2.08 bits per heavy atom. The summed E-state index contributed by atoms with van der Waals surface area (Å²) >= 11 is 0. The van der Waals surface area contributed by atoms with Crippen LogP contribution in [0.3, 0.4) is 0 Å². The molecule has 0 aliphatic carbocycles. The first kappa shape index (κ1) is 9.95. The molecule has 0 aromatic carbocycles. The molecule has 0 unspecified atom stereocenters.